The van der Waals surface area contributed by atoms with Gasteiger partial charge in [-0.2, -0.15) is 0 Å². The van der Waals surface area contributed by atoms with E-state index in [-0.39, 0.29) is 12.9 Å². The molecule has 0 aliphatic heterocycles. The third-order valence-electron chi connectivity index (χ3n) is 1.54. The molecule has 0 heterocycles. The summed E-state index contributed by atoms with van der Waals surface area (Å²) in [7, 11) is 0. The monoisotopic (exact) mass is 258 g/mol. The fraction of sp³-hybridized carbons (Fsp3) is 0.200. The van der Waals surface area contributed by atoms with E-state index in [2.05, 4.69) is 32.1 Å². The predicted octanol–water partition coefficient (Wildman–Crippen LogP) is -0.557. The quantitative estimate of drug-likeness (QED) is 0.234. The topological polar surface area (TPSA) is 105 Å². The van der Waals surface area contributed by atoms with Crippen molar-refractivity contribution < 1.29 is 38.1 Å². The molecule has 2 atom stereocenters. The maximum absolute atomic E-state index is 11.4. The van der Waals surface area contributed by atoms with Crippen molar-refractivity contribution >= 4 is 24.9 Å². The van der Waals surface area contributed by atoms with Crippen LogP contribution in [0.25, 0.3) is 0 Å². The lowest BCUT2D eigenvalue weighted by molar-refractivity contribution is -0.179. The van der Waals surface area contributed by atoms with Crippen LogP contribution >= 0.6 is 0 Å². The molecule has 0 saturated carbocycles. The minimum absolute atomic E-state index is 0.114. The van der Waals surface area contributed by atoms with E-state index in [1.165, 1.54) is 0 Å². The first-order valence-electron chi connectivity index (χ1n) is 4.43. The molecule has 0 aromatic carbocycles. The van der Waals surface area contributed by atoms with Gasteiger partial charge in [-0.3, -0.25) is 9.59 Å². The van der Waals surface area contributed by atoms with Crippen LogP contribution in [0.2, 0.25) is 0 Å². The van der Waals surface area contributed by atoms with Crippen molar-refractivity contribution in [2.75, 3.05) is 0 Å². The van der Waals surface area contributed by atoms with Crippen LogP contribution in [0.1, 0.15) is 0 Å². The van der Waals surface area contributed by atoms with Crippen molar-refractivity contribution in [3.63, 3.8) is 0 Å². The van der Waals surface area contributed by atoms with Gasteiger partial charge in [0.15, 0.2) is 0 Å². The van der Waals surface area contributed by atoms with Crippen molar-refractivity contribution in [3.05, 3.63) is 25.7 Å². The summed E-state index contributed by atoms with van der Waals surface area (Å²) in [5.74, 6) is -2.32. The van der Waals surface area contributed by atoms with Crippen LogP contribution in [0.3, 0.4) is 0 Å². The molecule has 0 aliphatic carbocycles. The lowest BCUT2D eigenvalue weighted by atomic mass is 10.2. The molecule has 0 radical (unpaired) electrons. The van der Waals surface area contributed by atoms with E-state index in [0.717, 1.165) is 12.5 Å². The summed E-state index contributed by atoms with van der Waals surface area (Å²) in [6.07, 6.45) is -2.11. The second-order valence-corrected chi connectivity index (χ2v) is 2.51. The lowest BCUT2D eigenvalue weighted by Gasteiger charge is -2.19. The van der Waals surface area contributed by atoms with Gasteiger partial charge in [0.05, 0.1) is 12.5 Å². The molecule has 8 heteroatoms. The number of carbonyl (C=O) groups is 4. The highest BCUT2D eigenvalue weighted by Gasteiger charge is 2.39. The molecular formula is C10H10O8. The fourth-order valence-corrected chi connectivity index (χ4v) is 0.919. The molecule has 0 aliphatic rings. The van der Waals surface area contributed by atoms with Crippen molar-refractivity contribution in [1.82, 2.24) is 0 Å². The van der Waals surface area contributed by atoms with Gasteiger partial charge in [-0.05, 0) is 0 Å². The number of hydrogen-bond acceptors (Lipinski definition) is 8. The van der Waals surface area contributed by atoms with Crippen LogP contribution in [0.4, 0.5) is 0 Å². The first kappa shape index (κ1) is 15.4. The first-order chi connectivity index (χ1) is 8.62. The van der Waals surface area contributed by atoms with E-state index >= 15 is 0 Å². The second-order valence-electron chi connectivity index (χ2n) is 2.51. The van der Waals surface area contributed by atoms with Gasteiger partial charge in [0.25, 0.3) is 12.9 Å². The Morgan fingerprint density at radius 2 is 1.17 bits per heavy atom. The lowest BCUT2D eigenvalue weighted by Crippen LogP contribution is -2.44. The van der Waals surface area contributed by atoms with E-state index in [4.69, 9.17) is 0 Å². The maximum atomic E-state index is 11.4. The van der Waals surface area contributed by atoms with Crippen LogP contribution in [-0.2, 0) is 38.1 Å². The highest BCUT2D eigenvalue weighted by Crippen LogP contribution is 2.08. The summed E-state index contributed by atoms with van der Waals surface area (Å²) >= 11 is 0. The molecule has 0 amide bonds. The minimum Gasteiger partial charge on any atom is -0.448 e. The van der Waals surface area contributed by atoms with E-state index in [0.29, 0.717) is 0 Å². The molecule has 0 saturated heterocycles. The molecule has 0 rings (SSSR count). The average molecular weight is 258 g/mol. The maximum Gasteiger partial charge on any atom is 0.356 e. The third-order valence-corrected chi connectivity index (χ3v) is 1.54. The van der Waals surface area contributed by atoms with Crippen LogP contribution in [-0.4, -0.2) is 37.1 Å². The summed E-state index contributed by atoms with van der Waals surface area (Å²) in [5.41, 5.74) is 0. The molecule has 0 aromatic heterocycles. The van der Waals surface area contributed by atoms with E-state index in [1.807, 2.05) is 0 Å². The van der Waals surface area contributed by atoms with Crippen molar-refractivity contribution in [3.8, 4) is 0 Å². The standard InChI is InChI=1S/C10H10O8/c1-3-15-9(13)7(17-5-11)8(18-6-12)10(14)16-4-2/h3-8H,1-2H2. The molecule has 0 aromatic rings. The van der Waals surface area contributed by atoms with Crippen molar-refractivity contribution in [1.29, 1.82) is 0 Å². The summed E-state index contributed by atoms with van der Waals surface area (Å²) in [4.78, 5) is 43.2. The van der Waals surface area contributed by atoms with Gasteiger partial charge in [-0.25, -0.2) is 9.59 Å². The van der Waals surface area contributed by atoms with E-state index < -0.39 is 24.1 Å². The number of esters is 2. The summed E-state index contributed by atoms with van der Waals surface area (Å²) in [6.45, 7) is 5.97. The fourth-order valence-electron chi connectivity index (χ4n) is 0.919. The van der Waals surface area contributed by atoms with Gasteiger partial charge < -0.3 is 18.9 Å². The number of hydrogen-bond donors (Lipinski definition) is 0. The SMILES string of the molecule is C=COC(=O)C(OC=O)C(OC=O)C(=O)OC=C. The Hall–Kier alpha value is -2.64. The summed E-state index contributed by atoms with van der Waals surface area (Å²) in [5, 5.41) is 0. The van der Waals surface area contributed by atoms with E-state index in [9.17, 15) is 19.2 Å². The van der Waals surface area contributed by atoms with Gasteiger partial charge in [0.1, 0.15) is 0 Å². The number of ether oxygens (including phenoxy) is 4. The van der Waals surface area contributed by atoms with Crippen LogP contribution in [0.15, 0.2) is 25.7 Å². The predicted molar refractivity (Wildman–Crippen MR) is 54.5 cm³/mol. The Morgan fingerprint density at radius 3 is 1.39 bits per heavy atom. The van der Waals surface area contributed by atoms with Gasteiger partial charge in [0.2, 0.25) is 12.2 Å². The molecule has 0 bridgehead atoms. The molecule has 8 nitrogen and oxygen atoms in total. The Bertz CT molecular complexity index is 314. The smallest absolute Gasteiger partial charge is 0.356 e. The molecule has 0 spiro atoms. The van der Waals surface area contributed by atoms with Crippen molar-refractivity contribution in [2.24, 2.45) is 0 Å². The van der Waals surface area contributed by atoms with Crippen molar-refractivity contribution in [2.45, 2.75) is 12.2 Å². The van der Waals surface area contributed by atoms with Crippen LogP contribution in [0.5, 0.6) is 0 Å². The van der Waals surface area contributed by atoms with Crippen LogP contribution < -0.4 is 0 Å². The Morgan fingerprint density at radius 1 is 0.833 bits per heavy atom. The van der Waals surface area contributed by atoms with Gasteiger partial charge in [-0.15, -0.1) is 0 Å². The first-order valence-corrected chi connectivity index (χ1v) is 4.43. The Labute approximate surface area is 102 Å². The summed E-state index contributed by atoms with van der Waals surface area (Å²) < 4.78 is 17.3. The Balaban J connectivity index is 5.06. The van der Waals surface area contributed by atoms with E-state index in [1.54, 1.807) is 0 Å². The highest BCUT2D eigenvalue weighted by atomic mass is 16.6. The average Bonchev–Trinajstić information content (AvgIpc) is 2.34. The molecular weight excluding hydrogens is 248 g/mol. The number of rotatable bonds is 9. The van der Waals surface area contributed by atoms with Gasteiger partial charge in [-0.1, -0.05) is 13.2 Å². The second kappa shape index (κ2) is 8.50. The molecule has 98 valence electrons. The van der Waals surface area contributed by atoms with Gasteiger partial charge >= 0.3 is 11.9 Å². The highest BCUT2D eigenvalue weighted by molar-refractivity contribution is 5.87. The zero-order valence-electron chi connectivity index (χ0n) is 9.14. The van der Waals surface area contributed by atoms with Gasteiger partial charge in [0, 0.05) is 0 Å². The van der Waals surface area contributed by atoms with Crippen LogP contribution in [0, 0.1) is 0 Å². The minimum atomic E-state index is -1.81. The third kappa shape index (κ3) is 4.47. The molecule has 2 unspecified atom stereocenters. The molecule has 0 N–H and O–H groups in total. The molecule has 0 fully saturated rings. The number of carbonyl (C=O) groups excluding carboxylic acids is 4. The zero-order chi connectivity index (χ0) is 14.0. The Kier molecular flexibility index (Phi) is 7.26. The largest absolute Gasteiger partial charge is 0.448 e. The normalized spacial score (nSPS) is 12.2. The molecule has 18 heavy (non-hydrogen) atoms. The zero-order valence-corrected chi connectivity index (χ0v) is 9.14. The summed E-state index contributed by atoms with van der Waals surface area (Å²) in [6, 6.07) is 0.